The molecule has 108 valence electrons. The monoisotopic (exact) mass is 264 g/mol. The first-order valence-corrected chi connectivity index (χ1v) is 7.34. The first-order chi connectivity index (χ1) is 9.08. The molecule has 4 nitrogen and oxygen atoms in total. The van der Waals surface area contributed by atoms with E-state index in [4.69, 9.17) is 0 Å². The average molecular weight is 264 g/mol. The number of H-pyrrole nitrogens is 1. The Morgan fingerprint density at radius 1 is 1.32 bits per heavy atom. The van der Waals surface area contributed by atoms with Gasteiger partial charge in [-0.15, -0.1) is 0 Å². The van der Waals surface area contributed by atoms with Crippen molar-refractivity contribution in [2.45, 2.75) is 25.8 Å². The maximum absolute atomic E-state index is 3.42. The van der Waals surface area contributed by atoms with Crippen LogP contribution in [0.25, 0.3) is 0 Å². The quantitative estimate of drug-likeness (QED) is 0.809. The highest BCUT2D eigenvalue weighted by atomic mass is 15.3. The third kappa shape index (κ3) is 4.34. The number of likely N-dealkylation sites (N-methyl/N-ethyl adjacent to an activating group) is 1. The lowest BCUT2D eigenvalue weighted by atomic mass is 10.0. The smallest absolute Gasteiger partial charge is 0.0281 e. The average Bonchev–Trinajstić information content (AvgIpc) is 2.90. The second-order valence-corrected chi connectivity index (χ2v) is 6.23. The fourth-order valence-corrected chi connectivity index (χ4v) is 2.94. The first kappa shape index (κ1) is 14.6. The zero-order valence-electron chi connectivity index (χ0n) is 12.6. The summed E-state index contributed by atoms with van der Waals surface area (Å²) in [5.41, 5.74) is 1.58. The fraction of sp³-hybridized carbons (Fsp3) is 0.733. The minimum atomic E-state index is 0.257. The Morgan fingerprint density at radius 2 is 2.05 bits per heavy atom. The molecule has 1 saturated heterocycles. The number of nitrogens with zero attached hydrogens (tertiary/aromatic N) is 2. The number of nitrogens with one attached hydrogen (secondary N) is 2. The lowest BCUT2D eigenvalue weighted by Crippen LogP contribution is -2.57. The topological polar surface area (TPSA) is 34.3 Å². The number of hydrogen-bond acceptors (Lipinski definition) is 3. The highest BCUT2D eigenvalue weighted by Crippen LogP contribution is 2.16. The van der Waals surface area contributed by atoms with Gasteiger partial charge in [0.2, 0.25) is 0 Å². The van der Waals surface area contributed by atoms with Crippen molar-refractivity contribution in [3.8, 4) is 0 Å². The van der Waals surface area contributed by atoms with Crippen molar-refractivity contribution in [2.24, 2.45) is 0 Å². The van der Waals surface area contributed by atoms with Crippen LogP contribution >= 0.6 is 0 Å². The van der Waals surface area contributed by atoms with Crippen LogP contribution in [0.3, 0.4) is 0 Å². The van der Waals surface area contributed by atoms with E-state index in [0.717, 1.165) is 45.7 Å². The molecule has 2 heterocycles. The lowest BCUT2D eigenvalue weighted by molar-refractivity contribution is 0.0716. The first-order valence-electron chi connectivity index (χ1n) is 7.34. The third-order valence-corrected chi connectivity index (χ3v) is 4.06. The molecule has 2 N–H and O–H groups in total. The van der Waals surface area contributed by atoms with Gasteiger partial charge in [0.15, 0.2) is 0 Å². The molecule has 0 saturated carbocycles. The Hall–Kier alpha value is -0.840. The van der Waals surface area contributed by atoms with Gasteiger partial charge in [0, 0.05) is 63.1 Å². The largest absolute Gasteiger partial charge is 0.365 e. The molecule has 1 aromatic rings. The van der Waals surface area contributed by atoms with Gasteiger partial charge in [0.1, 0.15) is 0 Å². The van der Waals surface area contributed by atoms with Crippen molar-refractivity contribution in [1.29, 1.82) is 0 Å². The molecular formula is C15H28N4. The minimum Gasteiger partial charge on any atom is -0.365 e. The molecule has 0 bridgehead atoms. The normalized spacial score (nSPS) is 18.1. The van der Waals surface area contributed by atoms with Crippen LogP contribution in [0.15, 0.2) is 18.3 Å². The van der Waals surface area contributed by atoms with Gasteiger partial charge in [-0.1, -0.05) is 0 Å². The van der Waals surface area contributed by atoms with Crippen molar-refractivity contribution in [3.63, 3.8) is 0 Å². The van der Waals surface area contributed by atoms with E-state index in [2.05, 4.69) is 53.1 Å². The van der Waals surface area contributed by atoms with Gasteiger partial charge in [-0.05, 0) is 33.0 Å². The van der Waals surface area contributed by atoms with E-state index in [1.165, 1.54) is 5.69 Å². The third-order valence-electron chi connectivity index (χ3n) is 4.06. The van der Waals surface area contributed by atoms with Crippen molar-refractivity contribution in [2.75, 3.05) is 46.3 Å². The van der Waals surface area contributed by atoms with Crippen LogP contribution in [-0.2, 0) is 6.42 Å². The summed E-state index contributed by atoms with van der Waals surface area (Å²) >= 11 is 0. The summed E-state index contributed by atoms with van der Waals surface area (Å²) in [6.45, 7) is 11.5. The molecule has 19 heavy (non-hydrogen) atoms. The standard InChI is InChI=1S/C15H28N4/c1-15(2,19-11-8-16-9-12-19)13-18(3)10-6-14-5-4-7-17-14/h4-5,7,16-17H,6,8-13H2,1-3H3. The van der Waals surface area contributed by atoms with Crippen LogP contribution in [0.4, 0.5) is 0 Å². The molecule has 1 aliphatic rings. The van der Waals surface area contributed by atoms with E-state index >= 15 is 0 Å². The SMILES string of the molecule is CN(CCc1ccc[nH]1)CC(C)(C)N1CCNCC1. The Bertz CT molecular complexity index is 352. The Kier molecular flexibility index (Phi) is 5.02. The molecule has 1 aliphatic heterocycles. The van der Waals surface area contributed by atoms with Crippen molar-refractivity contribution < 1.29 is 0 Å². The van der Waals surface area contributed by atoms with Crippen LogP contribution in [0, 0.1) is 0 Å². The van der Waals surface area contributed by atoms with Gasteiger partial charge >= 0.3 is 0 Å². The molecule has 0 aliphatic carbocycles. The van der Waals surface area contributed by atoms with Gasteiger partial charge in [0.05, 0.1) is 0 Å². The van der Waals surface area contributed by atoms with Gasteiger partial charge in [-0.2, -0.15) is 0 Å². The van der Waals surface area contributed by atoms with E-state index in [9.17, 15) is 0 Å². The summed E-state index contributed by atoms with van der Waals surface area (Å²) in [5, 5.41) is 3.42. The van der Waals surface area contributed by atoms with E-state index < -0.39 is 0 Å². The van der Waals surface area contributed by atoms with Gasteiger partial charge in [-0.25, -0.2) is 0 Å². The summed E-state index contributed by atoms with van der Waals surface area (Å²) in [6, 6.07) is 4.23. The van der Waals surface area contributed by atoms with Crippen molar-refractivity contribution in [3.05, 3.63) is 24.0 Å². The molecule has 4 heteroatoms. The maximum Gasteiger partial charge on any atom is 0.0281 e. The van der Waals surface area contributed by atoms with Crippen LogP contribution in [0.5, 0.6) is 0 Å². The molecule has 0 atom stereocenters. The van der Waals surface area contributed by atoms with Crippen molar-refractivity contribution >= 4 is 0 Å². The predicted molar refractivity (Wildman–Crippen MR) is 80.5 cm³/mol. The van der Waals surface area contributed by atoms with E-state index in [-0.39, 0.29) is 5.54 Å². The summed E-state index contributed by atoms with van der Waals surface area (Å²) < 4.78 is 0. The number of hydrogen-bond donors (Lipinski definition) is 2. The van der Waals surface area contributed by atoms with Gasteiger partial charge < -0.3 is 15.2 Å². The molecule has 1 aromatic heterocycles. The Labute approximate surface area is 117 Å². The molecule has 1 fully saturated rings. The van der Waals surface area contributed by atoms with E-state index in [1.54, 1.807) is 0 Å². The molecule has 0 radical (unpaired) electrons. The molecule has 0 amide bonds. The molecular weight excluding hydrogens is 236 g/mol. The van der Waals surface area contributed by atoms with Crippen LogP contribution in [0.1, 0.15) is 19.5 Å². The zero-order chi connectivity index (χ0) is 13.7. The lowest BCUT2D eigenvalue weighted by Gasteiger charge is -2.43. The van der Waals surface area contributed by atoms with E-state index in [1.807, 2.05) is 6.20 Å². The van der Waals surface area contributed by atoms with Gasteiger partial charge in [0.25, 0.3) is 0 Å². The van der Waals surface area contributed by atoms with Crippen LogP contribution < -0.4 is 5.32 Å². The summed E-state index contributed by atoms with van der Waals surface area (Å²) in [6.07, 6.45) is 3.10. The van der Waals surface area contributed by atoms with Crippen LogP contribution in [0.2, 0.25) is 0 Å². The van der Waals surface area contributed by atoms with Crippen molar-refractivity contribution in [1.82, 2.24) is 20.1 Å². The number of piperazine rings is 1. The fourth-order valence-electron chi connectivity index (χ4n) is 2.94. The van der Waals surface area contributed by atoms with Gasteiger partial charge in [-0.3, -0.25) is 4.90 Å². The maximum atomic E-state index is 3.42. The Morgan fingerprint density at radius 3 is 2.68 bits per heavy atom. The molecule has 0 spiro atoms. The molecule has 0 aromatic carbocycles. The predicted octanol–water partition coefficient (Wildman–Crippen LogP) is 1.17. The number of aromatic amines is 1. The summed E-state index contributed by atoms with van der Waals surface area (Å²) in [7, 11) is 2.23. The number of aromatic nitrogens is 1. The second-order valence-electron chi connectivity index (χ2n) is 6.23. The minimum absolute atomic E-state index is 0.257. The molecule has 0 unspecified atom stereocenters. The second kappa shape index (κ2) is 6.55. The van der Waals surface area contributed by atoms with Crippen LogP contribution in [-0.4, -0.2) is 66.6 Å². The summed E-state index contributed by atoms with van der Waals surface area (Å²) in [4.78, 5) is 8.33. The highest BCUT2D eigenvalue weighted by molar-refractivity contribution is 5.03. The number of rotatable bonds is 6. The summed E-state index contributed by atoms with van der Waals surface area (Å²) in [5.74, 6) is 0. The highest BCUT2D eigenvalue weighted by Gasteiger charge is 2.28. The molecule has 2 rings (SSSR count). The Balaban J connectivity index is 1.77. The van der Waals surface area contributed by atoms with E-state index in [0.29, 0.717) is 0 Å². The zero-order valence-corrected chi connectivity index (χ0v) is 12.6.